The van der Waals surface area contributed by atoms with E-state index in [4.69, 9.17) is 9.47 Å². The fourth-order valence-corrected chi connectivity index (χ4v) is 4.21. The third-order valence-corrected chi connectivity index (χ3v) is 6.15. The number of benzene rings is 3. The number of thioether (sulfide) groups is 1. The van der Waals surface area contributed by atoms with Crippen molar-refractivity contribution in [2.24, 2.45) is 0 Å². The van der Waals surface area contributed by atoms with Gasteiger partial charge in [-0.15, -0.1) is 10.2 Å². The number of hydrogen-bond acceptors (Lipinski definition) is 6. The molecule has 8 heteroatoms. The number of nitrogens with zero attached hydrogens (tertiary/aromatic N) is 3. The van der Waals surface area contributed by atoms with Crippen LogP contribution in [-0.2, 0) is 11.2 Å². The Morgan fingerprint density at radius 1 is 0.882 bits per heavy atom. The van der Waals surface area contributed by atoms with Gasteiger partial charge in [0.1, 0.15) is 11.5 Å². The van der Waals surface area contributed by atoms with Gasteiger partial charge in [0.25, 0.3) is 0 Å². The predicted octanol–water partition coefficient (Wildman–Crippen LogP) is 4.40. The zero-order valence-electron chi connectivity index (χ0n) is 19.1. The highest BCUT2D eigenvalue weighted by Crippen LogP contribution is 2.29. The van der Waals surface area contributed by atoms with Gasteiger partial charge >= 0.3 is 0 Å². The maximum absolute atomic E-state index is 12.5. The van der Waals surface area contributed by atoms with Gasteiger partial charge < -0.3 is 14.8 Å². The summed E-state index contributed by atoms with van der Waals surface area (Å²) in [7, 11) is 3.27. The summed E-state index contributed by atoms with van der Waals surface area (Å²) in [5.41, 5.74) is 2.96. The average Bonchev–Trinajstić information content (AvgIpc) is 3.32. The normalized spacial score (nSPS) is 10.6. The van der Waals surface area contributed by atoms with Crippen molar-refractivity contribution in [1.29, 1.82) is 0 Å². The molecule has 0 aliphatic heterocycles. The third kappa shape index (κ3) is 5.77. The van der Waals surface area contributed by atoms with Crippen LogP contribution in [0.4, 0.5) is 0 Å². The first-order chi connectivity index (χ1) is 16.7. The van der Waals surface area contributed by atoms with Crippen molar-refractivity contribution in [2.45, 2.75) is 11.6 Å². The molecular weight excluding hydrogens is 448 g/mol. The molecule has 1 heterocycles. The largest absolute Gasteiger partial charge is 0.497 e. The summed E-state index contributed by atoms with van der Waals surface area (Å²) in [6.07, 6.45) is 0.793. The van der Waals surface area contributed by atoms with Crippen LogP contribution in [0.2, 0.25) is 0 Å². The van der Waals surface area contributed by atoms with Crippen molar-refractivity contribution in [3.8, 4) is 28.6 Å². The van der Waals surface area contributed by atoms with Crippen molar-refractivity contribution in [1.82, 2.24) is 20.1 Å². The summed E-state index contributed by atoms with van der Waals surface area (Å²) in [4.78, 5) is 12.5. The third-order valence-electron chi connectivity index (χ3n) is 5.22. The molecule has 4 rings (SSSR count). The maximum Gasteiger partial charge on any atom is 0.230 e. The Bertz CT molecular complexity index is 1210. The molecule has 174 valence electrons. The zero-order chi connectivity index (χ0) is 23.8. The Kier molecular flexibility index (Phi) is 7.83. The second-order valence-corrected chi connectivity index (χ2v) is 8.38. The number of methoxy groups -OCH3 is 2. The number of amides is 1. The second-order valence-electron chi connectivity index (χ2n) is 7.44. The van der Waals surface area contributed by atoms with Gasteiger partial charge in [0.15, 0.2) is 11.0 Å². The van der Waals surface area contributed by atoms with Gasteiger partial charge in [-0.2, -0.15) is 0 Å². The van der Waals surface area contributed by atoms with Gasteiger partial charge in [0, 0.05) is 17.8 Å². The van der Waals surface area contributed by atoms with E-state index in [1.54, 1.807) is 14.2 Å². The Labute approximate surface area is 203 Å². The molecule has 0 radical (unpaired) electrons. The lowest BCUT2D eigenvalue weighted by Gasteiger charge is -2.11. The molecule has 0 atom stereocenters. The standard InChI is InChI=1S/C26H26N4O3S/c1-32-22-12-8-20(9-13-22)25-28-29-26(30(25)21-10-14-23(33-2)15-11-21)34-18-24(31)27-17-16-19-6-4-3-5-7-19/h3-15H,16-18H2,1-2H3,(H,27,31). The SMILES string of the molecule is COc1ccc(-c2nnc(SCC(=O)NCCc3ccccc3)n2-c2ccc(OC)cc2)cc1. The van der Waals surface area contributed by atoms with E-state index in [2.05, 4.69) is 27.6 Å². The van der Waals surface area contributed by atoms with Crippen LogP contribution in [0.3, 0.4) is 0 Å². The lowest BCUT2D eigenvalue weighted by atomic mass is 10.1. The summed E-state index contributed by atoms with van der Waals surface area (Å²) in [6.45, 7) is 0.589. The van der Waals surface area contributed by atoms with E-state index in [9.17, 15) is 4.79 Å². The van der Waals surface area contributed by atoms with Gasteiger partial charge in [0.05, 0.1) is 20.0 Å². The van der Waals surface area contributed by atoms with Crippen LogP contribution in [-0.4, -0.2) is 47.2 Å². The van der Waals surface area contributed by atoms with E-state index in [1.165, 1.54) is 17.3 Å². The Morgan fingerprint density at radius 3 is 2.18 bits per heavy atom. The number of hydrogen-bond donors (Lipinski definition) is 1. The molecule has 0 saturated heterocycles. The van der Waals surface area contributed by atoms with E-state index in [-0.39, 0.29) is 11.7 Å². The summed E-state index contributed by atoms with van der Waals surface area (Å²) in [5.74, 6) is 2.40. The highest BCUT2D eigenvalue weighted by atomic mass is 32.2. The Hall–Kier alpha value is -3.78. The van der Waals surface area contributed by atoms with Crippen LogP contribution in [0.1, 0.15) is 5.56 Å². The lowest BCUT2D eigenvalue weighted by molar-refractivity contribution is -0.118. The fraction of sp³-hybridized carbons (Fsp3) is 0.192. The van der Waals surface area contributed by atoms with Crippen molar-refractivity contribution in [3.63, 3.8) is 0 Å². The summed E-state index contributed by atoms with van der Waals surface area (Å²) < 4.78 is 12.5. The van der Waals surface area contributed by atoms with E-state index in [0.29, 0.717) is 17.5 Å². The average molecular weight is 475 g/mol. The van der Waals surface area contributed by atoms with Crippen LogP contribution in [0.15, 0.2) is 84.0 Å². The highest BCUT2D eigenvalue weighted by Gasteiger charge is 2.17. The summed E-state index contributed by atoms with van der Waals surface area (Å²) in [5, 5.41) is 12.4. The molecule has 0 bridgehead atoms. The highest BCUT2D eigenvalue weighted by molar-refractivity contribution is 7.99. The van der Waals surface area contributed by atoms with Crippen LogP contribution in [0, 0.1) is 0 Å². The monoisotopic (exact) mass is 474 g/mol. The van der Waals surface area contributed by atoms with Crippen molar-refractivity contribution in [3.05, 3.63) is 84.4 Å². The zero-order valence-corrected chi connectivity index (χ0v) is 19.9. The number of carbonyl (C=O) groups excluding carboxylic acids is 1. The number of rotatable bonds is 10. The molecule has 0 unspecified atom stereocenters. The van der Waals surface area contributed by atoms with Gasteiger partial charge in [-0.05, 0) is 60.5 Å². The molecule has 0 spiro atoms. The minimum Gasteiger partial charge on any atom is -0.497 e. The molecule has 0 aliphatic carbocycles. The molecule has 4 aromatic rings. The smallest absolute Gasteiger partial charge is 0.230 e. The Balaban J connectivity index is 1.50. The number of nitrogens with one attached hydrogen (secondary N) is 1. The molecular formula is C26H26N4O3S. The molecule has 0 aliphatic rings. The molecule has 7 nitrogen and oxygen atoms in total. The minimum atomic E-state index is -0.0452. The number of aromatic nitrogens is 3. The number of carbonyl (C=O) groups is 1. The molecule has 0 fully saturated rings. The van der Waals surface area contributed by atoms with E-state index >= 15 is 0 Å². The van der Waals surface area contributed by atoms with E-state index in [1.807, 2.05) is 71.3 Å². The van der Waals surface area contributed by atoms with Gasteiger partial charge in [0.2, 0.25) is 5.91 Å². The van der Waals surface area contributed by atoms with Crippen molar-refractivity contribution < 1.29 is 14.3 Å². The number of ether oxygens (including phenoxy) is 2. The second kappa shape index (κ2) is 11.4. The fourth-order valence-electron chi connectivity index (χ4n) is 3.43. The summed E-state index contributed by atoms with van der Waals surface area (Å²) in [6, 6.07) is 25.4. The molecule has 34 heavy (non-hydrogen) atoms. The molecule has 1 N–H and O–H groups in total. The van der Waals surface area contributed by atoms with Crippen molar-refractivity contribution >= 4 is 17.7 Å². The van der Waals surface area contributed by atoms with E-state index in [0.717, 1.165) is 29.2 Å². The van der Waals surface area contributed by atoms with Crippen LogP contribution in [0.5, 0.6) is 11.5 Å². The van der Waals surface area contributed by atoms with Crippen LogP contribution in [0.25, 0.3) is 17.1 Å². The van der Waals surface area contributed by atoms with E-state index < -0.39 is 0 Å². The van der Waals surface area contributed by atoms with Crippen molar-refractivity contribution in [2.75, 3.05) is 26.5 Å². The van der Waals surface area contributed by atoms with Crippen LogP contribution >= 0.6 is 11.8 Å². The quantitative estimate of drug-likeness (QED) is 0.343. The summed E-state index contributed by atoms with van der Waals surface area (Å²) >= 11 is 1.35. The van der Waals surface area contributed by atoms with Crippen LogP contribution < -0.4 is 14.8 Å². The first kappa shape index (κ1) is 23.4. The van der Waals surface area contributed by atoms with Gasteiger partial charge in [-0.25, -0.2) is 0 Å². The lowest BCUT2D eigenvalue weighted by Crippen LogP contribution is -2.27. The molecule has 1 aromatic heterocycles. The van der Waals surface area contributed by atoms with Gasteiger partial charge in [-0.1, -0.05) is 42.1 Å². The van der Waals surface area contributed by atoms with Gasteiger partial charge in [-0.3, -0.25) is 9.36 Å². The molecule has 3 aromatic carbocycles. The first-order valence-electron chi connectivity index (χ1n) is 10.9. The maximum atomic E-state index is 12.5. The Morgan fingerprint density at radius 2 is 1.53 bits per heavy atom. The molecule has 1 amide bonds. The first-order valence-corrected chi connectivity index (χ1v) is 11.8. The molecule has 0 saturated carbocycles. The minimum absolute atomic E-state index is 0.0452. The predicted molar refractivity (Wildman–Crippen MR) is 134 cm³/mol. The topological polar surface area (TPSA) is 78.3 Å².